The van der Waals surface area contributed by atoms with E-state index in [4.69, 9.17) is 4.74 Å². The van der Waals surface area contributed by atoms with Crippen LogP contribution in [0, 0.1) is 0 Å². The summed E-state index contributed by atoms with van der Waals surface area (Å²) < 4.78 is 5.17. The molecular formula is C23H23N3O3. The van der Waals surface area contributed by atoms with E-state index in [9.17, 15) is 9.59 Å². The molecule has 0 saturated carbocycles. The molecule has 1 atom stereocenters. The smallest absolute Gasteiger partial charge is 0.338 e. The summed E-state index contributed by atoms with van der Waals surface area (Å²) in [6.07, 6.45) is 7.84. The Labute approximate surface area is 169 Å². The number of nitrogens with one attached hydrogen (secondary N) is 1. The summed E-state index contributed by atoms with van der Waals surface area (Å²) in [5.41, 5.74) is 5.49. The molecule has 6 heteroatoms. The number of esters is 1. The third-order valence-electron chi connectivity index (χ3n) is 5.29. The normalized spacial score (nSPS) is 14.1. The summed E-state index contributed by atoms with van der Waals surface area (Å²) >= 11 is 0. The molecule has 1 heterocycles. The van der Waals surface area contributed by atoms with Crippen LogP contribution in [-0.4, -0.2) is 28.5 Å². The zero-order chi connectivity index (χ0) is 20.2. The highest BCUT2D eigenvalue weighted by Gasteiger charge is 2.16. The minimum absolute atomic E-state index is 0.149. The first-order chi connectivity index (χ1) is 14.1. The van der Waals surface area contributed by atoms with Crippen LogP contribution in [0.4, 0.5) is 0 Å². The Bertz CT molecular complexity index is 1060. The van der Waals surface area contributed by atoms with Crippen molar-refractivity contribution in [1.82, 2.24) is 15.3 Å². The highest BCUT2D eigenvalue weighted by atomic mass is 16.5. The number of hydrogen-bond donors (Lipinski definition) is 1. The molecule has 0 bridgehead atoms. The van der Waals surface area contributed by atoms with Crippen molar-refractivity contribution in [3.05, 3.63) is 71.0 Å². The first kappa shape index (κ1) is 19.1. The van der Waals surface area contributed by atoms with Crippen molar-refractivity contribution in [2.24, 2.45) is 0 Å². The number of aryl methyl sites for hydroxylation is 2. The Morgan fingerprint density at radius 3 is 2.59 bits per heavy atom. The van der Waals surface area contributed by atoms with Crippen LogP contribution in [0.15, 0.2) is 48.8 Å². The molecule has 1 amide bonds. The summed E-state index contributed by atoms with van der Waals surface area (Å²) in [5, 5.41) is 2.90. The maximum Gasteiger partial charge on any atom is 0.338 e. The van der Waals surface area contributed by atoms with Crippen LogP contribution < -0.4 is 5.32 Å². The van der Waals surface area contributed by atoms with E-state index in [-0.39, 0.29) is 18.6 Å². The largest absolute Gasteiger partial charge is 0.452 e. The fraction of sp³-hybridized carbons (Fsp3) is 0.304. The maximum atomic E-state index is 12.3. The Hall–Kier alpha value is -3.28. The molecule has 0 fully saturated rings. The fourth-order valence-electron chi connectivity index (χ4n) is 3.69. The lowest BCUT2D eigenvalue weighted by molar-refractivity contribution is -0.124. The number of benzene rings is 2. The third kappa shape index (κ3) is 4.42. The molecule has 0 spiro atoms. The van der Waals surface area contributed by atoms with Crippen molar-refractivity contribution in [3.8, 4) is 0 Å². The summed E-state index contributed by atoms with van der Waals surface area (Å²) in [4.78, 5) is 32.9. The molecule has 0 saturated heterocycles. The van der Waals surface area contributed by atoms with Gasteiger partial charge < -0.3 is 10.1 Å². The standard InChI is InChI=1S/C23H23N3O3/c1-15(17-7-6-16-4-2-3-5-18(16)12-17)26-22(27)14-29-23(28)19-8-9-20-21(13-19)25-11-10-24-20/h6-13,15H,2-5,14H2,1H3,(H,26,27). The van der Waals surface area contributed by atoms with Crippen LogP contribution in [0.1, 0.15) is 52.9 Å². The Kier molecular flexibility index (Phi) is 5.51. The van der Waals surface area contributed by atoms with E-state index < -0.39 is 5.97 Å². The summed E-state index contributed by atoms with van der Waals surface area (Å²) in [7, 11) is 0. The van der Waals surface area contributed by atoms with Gasteiger partial charge in [-0.25, -0.2) is 4.79 Å². The SMILES string of the molecule is CC(NC(=O)COC(=O)c1ccc2nccnc2c1)c1ccc2c(c1)CCCC2. The van der Waals surface area contributed by atoms with E-state index in [0.29, 0.717) is 16.6 Å². The number of carbonyl (C=O) groups excluding carboxylic acids is 2. The van der Waals surface area contributed by atoms with Crippen LogP contribution in [0.2, 0.25) is 0 Å². The van der Waals surface area contributed by atoms with Gasteiger partial charge in [0.15, 0.2) is 6.61 Å². The van der Waals surface area contributed by atoms with E-state index in [1.807, 2.05) is 6.92 Å². The van der Waals surface area contributed by atoms with Gasteiger partial charge in [-0.3, -0.25) is 14.8 Å². The summed E-state index contributed by atoms with van der Waals surface area (Å²) in [6, 6.07) is 11.2. The van der Waals surface area contributed by atoms with Crippen LogP contribution >= 0.6 is 0 Å². The second kappa shape index (κ2) is 8.39. The predicted molar refractivity (Wildman–Crippen MR) is 109 cm³/mol. The number of rotatable bonds is 5. The van der Waals surface area contributed by atoms with Crippen LogP contribution in [0.25, 0.3) is 11.0 Å². The van der Waals surface area contributed by atoms with Gasteiger partial charge in [-0.15, -0.1) is 0 Å². The lowest BCUT2D eigenvalue weighted by Gasteiger charge is -2.20. The molecule has 1 aliphatic carbocycles. The van der Waals surface area contributed by atoms with Crippen molar-refractivity contribution in [1.29, 1.82) is 0 Å². The maximum absolute atomic E-state index is 12.3. The highest BCUT2D eigenvalue weighted by Crippen LogP contribution is 2.24. The fourth-order valence-corrected chi connectivity index (χ4v) is 3.69. The van der Waals surface area contributed by atoms with Crippen molar-refractivity contribution < 1.29 is 14.3 Å². The second-order valence-electron chi connectivity index (χ2n) is 7.36. The van der Waals surface area contributed by atoms with Gasteiger partial charge in [0, 0.05) is 12.4 Å². The Morgan fingerprint density at radius 2 is 1.76 bits per heavy atom. The molecule has 29 heavy (non-hydrogen) atoms. The van der Waals surface area contributed by atoms with Gasteiger partial charge in [0.25, 0.3) is 5.91 Å². The van der Waals surface area contributed by atoms with Gasteiger partial charge in [-0.1, -0.05) is 18.2 Å². The van der Waals surface area contributed by atoms with E-state index >= 15 is 0 Å². The topological polar surface area (TPSA) is 81.2 Å². The van der Waals surface area contributed by atoms with Crippen LogP contribution in [-0.2, 0) is 22.4 Å². The van der Waals surface area contributed by atoms with Gasteiger partial charge in [0.05, 0.1) is 22.6 Å². The quantitative estimate of drug-likeness (QED) is 0.675. The Balaban J connectivity index is 1.33. The average molecular weight is 389 g/mol. The number of fused-ring (bicyclic) bond motifs is 2. The first-order valence-corrected chi connectivity index (χ1v) is 9.89. The number of ether oxygens (including phenoxy) is 1. The molecular weight excluding hydrogens is 366 g/mol. The number of aromatic nitrogens is 2. The van der Waals surface area contributed by atoms with Gasteiger partial charge in [0.2, 0.25) is 0 Å². The zero-order valence-electron chi connectivity index (χ0n) is 16.4. The molecule has 1 N–H and O–H groups in total. The molecule has 1 unspecified atom stereocenters. The monoisotopic (exact) mass is 389 g/mol. The van der Waals surface area contributed by atoms with E-state index in [0.717, 1.165) is 18.4 Å². The highest BCUT2D eigenvalue weighted by molar-refractivity contribution is 5.94. The molecule has 0 aliphatic heterocycles. The van der Waals surface area contributed by atoms with Gasteiger partial charge in [0.1, 0.15) is 0 Å². The average Bonchev–Trinajstić information content (AvgIpc) is 2.76. The first-order valence-electron chi connectivity index (χ1n) is 9.89. The van der Waals surface area contributed by atoms with E-state index in [1.54, 1.807) is 30.6 Å². The van der Waals surface area contributed by atoms with Crippen LogP contribution in [0.5, 0.6) is 0 Å². The molecule has 148 valence electrons. The minimum Gasteiger partial charge on any atom is -0.452 e. The minimum atomic E-state index is -0.561. The van der Waals surface area contributed by atoms with Crippen LogP contribution in [0.3, 0.4) is 0 Å². The molecule has 4 rings (SSSR count). The van der Waals surface area contributed by atoms with E-state index in [2.05, 4.69) is 33.5 Å². The number of hydrogen-bond acceptors (Lipinski definition) is 5. The third-order valence-corrected chi connectivity index (χ3v) is 5.29. The second-order valence-corrected chi connectivity index (χ2v) is 7.36. The molecule has 1 aliphatic rings. The molecule has 2 aromatic carbocycles. The molecule has 6 nitrogen and oxygen atoms in total. The van der Waals surface area contributed by atoms with Crippen molar-refractivity contribution in [3.63, 3.8) is 0 Å². The molecule has 0 radical (unpaired) electrons. The lowest BCUT2D eigenvalue weighted by Crippen LogP contribution is -2.31. The number of amides is 1. The zero-order valence-corrected chi connectivity index (χ0v) is 16.4. The Morgan fingerprint density at radius 1 is 1.00 bits per heavy atom. The summed E-state index contributed by atoms with van der Waals surface area (Å²) in [5.74, 6) is -0.890. The predicted octanol–water partition coefficient (Wildman–Crippen LogP) is 3.54. The molecule has 3 aromatic rings. The number of carbonyl (C=O) groups is 2. The van der Waals surface area contributed by atoms with Gasteiger partial charge >= 0.3 is 5.97 Å². The van der Waals surface area contributed by atoms with Gasteiger partial charge in [-0.2, -0.15) is 0 Å². The van der Waals surface area contributed by atoms with Gasteiger partial charge in [-0.05, 0) is 67.5 Å². The van der Waals surface area contributed by atoms with Crippen molar-refractivity contribution >= 4 is 22.9 Å². The van der Waals surface area contributed by atoms with Crippen molar-refractivity contribution in [2.75, 3.05) is 6.61 Å². The number of nitrogens with zero attached hydrogens (tertiary/aromatic N) is 2. The lowest BCUT2D eigenvalue weighted by atomic mass is 9.89. The van der Waals surface area contributed by atoms with Crippen molar-refractivity contribution in [2.45, 2.75) is 38.6 Å². The van der Waals surface area contributed by atoms with E-state index in [1.165, 1.54) is 24.0 Å². The molecule has 1 aromatic heterocycles. The summed E-state index contributed by atoms with van der Waals surface area (Å²) in [6.45, 7) is 1.61.